The minimum atomic E-state index is 0.433. The smallest absolute Gasteiger partial charge is 0.344 e. The minimum Gasteiger partial charge on any atom is -0.498 e. The first kappa shape index (κ1) is 33.2. The summed E-state index contributed by atoms with van der Waals surface area (Å²) in [7, 11) is 4.57. The van der Waals surface area contributed by atoms with Crippen molar-refractivity contribution < 1.29 is 23.7 Å². The molecule has 11 heteroatoms. The average Bonchev–Trinajstić information content (AvgIpc) is 3.04. The summed E-state index contributed by atoms with van der Waals surface area (Å²) in [6, 6.07) is 28.9. The largest absolute Gasteiger partial charge is 0.498 e. The molecule has 0 bridgehead atoms. The van der Waals surface area contributed by atoms with E-state index >= 15 is 0 Å². The molecule has 4 aromatic carbocycles. The average molecular weight is 586 g/mol. The third-order valence-corrected chi connectivity index (χ3v) is 5.60. The summed E-state index contributed by atoms with van der Waals surface area (Å²) in [5.41, 5.74) is 1.50. The lowest BCUT2D eigenvalue weighted by Gasteiger charge is -2.08. The molecule has 0 aliphatic rings. The van der Waals surface area contributed by atoms with E-state index < -0.39 is 0 Å². The number of rotatable bonds is 7. The Kier molecular flexibility index (Phi) is 14.2. The first-order valence-corrected chi connectivity index (χ1v) is 12.9. The van der Waals surface area contributed by atoms with E-state index in [2.05, 4.69) is 33.2 Å². The standard InChI is InChI=1S/C12H9NO2.C11H13NO3.C9H9NO3/c1-15-12-7-6-9-4-2-3-5-10(9)11(12)8-13-14;1-3-14-10-6-5-7-11(15-4-2)9(10)8-12-13;1-12-8-4-3-5-9(13-2)7(8)6-10-11/h2-7H,1H3;5-7H,3-4H2,1-2H3;3-5H,1-2H3. The summed E-state index contributed by atoms with van der Waals surface area (Å²) < 4.78 is 25.8. The molecule has 0 atom stereocenters. The normalized spacial score (nSPS) is 8.95. The van der Waals surface area contributed by atoms with Gasteiger partial charge in [0.25, 0.3) is 0 Å². The topological polar surface area (TPSA) is 128 Å². The molecule has 0 spiro atoms. The van der Waals surface area contributed by atoms with Crippen LogP contribution < -0.4 is 23.7 Å². The van der Waals surface area contributed by atoms with Crippen molar-refractivity contribution in [3.8, 4) is 47.0 Å². The van der Waals surface area contributed by atoms with Gasteiger partial charge in [-0.25, -0.2) is 0 Å². The summed E-state index contributed by atoms with van der Waals surface area (Å²) in [5.74, 6) is 2.75. The third kappa shape index (κ3) is 9.28. The van der Waals surface area contributed by atoms with Crippen LogP contribution in [0.1, 0.15) is 30.5 Å². The van der Waals surface area contributed by atoms with Crippen LogP contribution in [0.3, 0.4) is 0 Å². The highest BCUT2D eigenvalue weighted by molar-refractivity contribution is 5.90. The highest BCUT2D eigenvalue weighted by Gasteiger charge is 2.14. The van der Waals surface area contributed by atoms with Crippen molar-refractivity contribution in [1.82, 2.24) is 0 Å². The second-order valence-corrected chi connectivity index (χ2v) is 8.01. The van der Waals surface area contributed by atoms with Gasteiger partial charge >= 0.3 is 18.2 Å². The molecule has 0 saturated carbocycles. The first-order chi connectivity index (χ1) is 21.0. The number of hydrogen-bond donors (Lipinski definition) is 0. The van der Waals surface area contributed by atoms with Crippen LogP contribution in [0, 0.1) is 33.8 Å². The van der Waals surface area contributed by atoms with Crippen molar-refractivity contribution in [2.24, 2.45) is 0 Å². The Hall–Kier alpha value is -5.99. The van der Waals surface area contributed by atoms with E-state index in [0.717, 1.165) is 10.8 Å². The van der Waals surface area contributed by atoms with Gasteiger partial charge in [-0.2, -0.15) is 0 Å². The zero-order chi connectivity index (χ0) is 31.5. The molecule has 11 nitrogen and oxygen atoms in total. The number of methoxy groups -OCH3 is 3. The molecule has 0 radical (unpaired) electrons. The SMILES string of the molecule is CCOc1cccc(OCC)c1C#[N+][O-].COc1ccc2ccccc2c1C#[N+][O-].COc1cccc(OC)c1C#[N+][O-]. The van der Waals surface area contributed by atoms with Gasteiger partial charge in [-0.1, -0.05) is 42.5 Å². The highest BCUT2D eigenvalue weighted by Crippen LogP contribution is 2.29. The maximum atomic E-state index is 10.3. The number of ether oxygens (including phenoxy) is 5. The van der Waals surface area contributed by atoms with Gasteiger partial charge in [0.15, 0.2) is 16.7 Å². The molecule has 0 N–H and O–H groups in total. The second-order valence-electron chi connectivity index (χ2n) is 8.01. The monoisotopic (exact) mass is 585 g/mol. The van der Waals surface area contributed by atoms with Crippen LogP contribution in [0.15, 0.2) is 72.8 Å². The van der Waals surface area contributed by atoms with Gasteiger partial charge in [0.05, 0.1) is 34.5 Å². The van der Waals surface area contributed by atoms with Crippen molar-refractivity contribution in [3.63, 3.8) is 0 Å². The molecule has 0 aliphatic carbocycles. The van der Waals surface area contributed by atoms with Crippen LogP contribution in [0.5, 0.6) is 28.7 Å². The lowest BCUT2D eigenvalue weighted by Crippen LogP contribution is -1.99. The number of nitrogens with zero attached hydrogens (tertiary/aromatic N) is 3. The Labute approximate surface area is 250 Å². The van der Waals surface area contributed by atoms with Gasteiger partial charge < -0.3 is 39.3 Å². The molecule has 0 unspecified atom stereocenters. The molecule has 0 saturated heterocycles. The Balaban J connectivity index is 0.000000226. The number of hydrogen-bond acceptors (Lipinski definition) is 8. The first-order valence-electron chi connectivity index (χ1n) is 12.9. The number of fused-ring (bicyclic) bond motifs is 1. The molecule has 0 fully saturated rings. The Morgan fingerprint density at radius 1 is 0.512 bits per heavy atom. The summed E-state index contributed by atoms with van der Waals surface area (Å²) in [4.78, 5) is 0. The summed E-state index contributed by atoms with van der Waals surface area (Å²) in [6.45, 7) is 4.77. The van der Waals surface area contributed by atoms with Gasteiger partial charge in [-0.05, 0) is 49.6 Å². The maximum Gasteiger partial charge on any atom is 0.344 e. The van der Waals surface area contributed by atoms with Crippen LogP contribution in [-0.4, -0.2) is 34.5 Å². The van der Waals surface area contributed by atoms with Crippen LogP contribution in [0.25, 0.3) is 25.8 Å². The Morgan fingerprint density at radius 3 is 1.40 bits per heavy atom. The Bertz CT molecular complexity index is 1630. The molecule has 0 heterocycles. The zero-order valence-corrected chi connectivity index (χ0v) is 24.5. The van der Waals surface area contributed by atoms with Crippen molar-refractivity contribution >= 4 is 10.8 Å². The van der Waals surface area contributed by atoms with Crippen LogP contribution >= 0.6 is 0 Å². The van der Waals surface area contributed by atoms with E-state index in [1.807, 2.05) is 44.2 Å². The van der Waals surface area contributed by atoms with Crippen molar-refractivity contribution in [3.05, 3.63) is 120 Å². The van der Waals surface area contributed by atoms with Crippen LogP contribution in [0.4, 0.5) is 0 Å². The molecule has 43 heavy (non-hydrogen) atoms. The number of benzene rings is 4. The lowest BCUT2D eigenvalue weighted by atomic mass is 10.0. The maximum absolute atomic E-state index is 10.3. The van der Waals surface area contributed by atoms with Gasteiger partial charge in [-0.3, -0.25) is 0 Å². The quantitative estimate of drug-likeness (QED) is 0.203. The fourth-order valence-corrected chi connectivity index (χ4v) is 3.81. The van der Waals surface area contributed by atoms with Crippen LogP contribution in [-0.2, 0) is 0 Å². The fourth-order valence-electron chi connectivity index (χ4n) is 3.81. The van der Waals surface area contributed by atoms with Gasteiger partial charge in [0.2, 0.25) is 0 Å². The molecular weight excluding hydrogens is 554 g/mol. The van der Waals surface area contributed by atoms with E-state index in [-0.39, 0.29) is 0 Å². The molecule has 222 valence electrons. The van der Waals surface area contributed by atoms with Crippen molar-refractivity contribution in [2.75, 3.05) is 34.5 Å². The highest BCUT2D eigenvalue weighted by atomic mass is 16.5. The van der Waals surface area contributed by atoms with Gasteiger partial charge in [-0.15, -0.1) is 0 Å². The van der Waals surface area contributed by atoms with E-state index in [1.54, 1.807) is 49.6 Å². The van der Waals surface area contributed by atoms with E-state index in [0.29, 0.717) is 58.7 Å². The predicted molar refractivity (Wildman–Crippen MR) is 168 cm³/mol. The van der Waals surface area contributed by atoms with Gasteiger partial charge in [0, 0.05) is 20.4 Å². The zero-order valence-electron chi connectivity index (χ0n) is 24.5. The van der Waals surface area contributed by atoms with Crippen LogP contribution in [0.2, 0.25) is 0 Å². The predicted octanol–water partition coefficient (Wildman–Crippen LogP) is 7.57. The Morgan fingerprint density at radius 2 is 0.930 bits per heavy atom. The fraction of sp³-hybridized carbons (Fsp3) is 0.219. The molecule has 0 amide bonds. The molecule has 0 aromatic heterocycles. The van der Waals surface area contributed by atoms with E-state index in [4.69, 9.17) is 23.7 Å². The minimum absolute atomic E-state index is 0.433. The van der Waals surface area contributed by atoms with Gasteiger partial charge in [0.1, 0.15) is 28.7 Å². The molecule has 4 rings (SSSR count). The molecule has 4 aromatic rings. The lowest BCUT2D eigenvalue weighted by molar-refractivity contribution is 0.321. The molecular formula is C32H31N3O8. The van der Waals surface area contributed by atoms with Crippen molar-refractivity contribution in [2.45, 2.75) is 13.8 Å². The van der Waals surface area contributed by atoms with Crippen molar-refractivity contribution in [1.29, 1.82) is 0 Å². The summed E-state index contributed by atoms with van der Waals surface area (Å²) in [5, 5.41) is 40.3. The molecule has 0 aliphatic heterocycles. The summed E-state index contributed by atoms with van der Waals surface area (Å²) >= 11 is 0. The second kappa shape index (κ2) is 18.4. The van der Waals surface area contributed by atoms with E-state index in [9.17, 15) is 15.6 Å². The van der Waals surface area contributed by atoms with E-state index in [1.165, 1.54) is 14.2 Å². The third-order valence-electron chi connectivity index (χ3n) is 5.60. The summed E-state index contributed by atoms with van der Waals surface area (Å²) in [6.07, 6.45) is 0.